The minimum absolute atomic E-state index is 0.293. The van der Waals surface area contributed by atoms with E-state index >= 15 is 0 Å². The van der Waals surface area contributed by atoms with Crippen LogP contribution in [0.1, 0.15) is 15.9 Å². The number of hydrogen-bond acceptors (Lipinski definition) is 4. The predicted octanol–water partition coefficient (Wildman–Crippen LogP) is 2.24. The van der Waals surface area contributed by atoms with Crippen molar-refractivity contribution < 1.29 is 9.18 Å². The van der Waals surface area contributed by atoms with Crippen LogP contribution in [0.2, 0.25) is 0 Å². The van der Waals surface area contributed by atoms with E-state index in [-0.39, 0.29) is 5.91 Å². The number of carbonyl (C=O) groups is 1. The zero-order valence-electron chi connectivity index (χ0n) is 11.5. The van der Waals surface area contributed by atoms with Gasteiger partial charge in [0.2, 0.25) is 5.95 Å². The highest BCUT2D eigenvalue weighted by atomic mass is 19.1. The summed E-state index contributed by atoms with van der Waals surface area (Å²) in [5.41, 5.74) is 1.46. The van der Waals surface area contributed by atoms with E-state index in [4.69, 9.17) is 0 Å². The van der Waals surface area contributed by atoms with Crippen molar-refractivity contribution in [3.8, 4) is 0 Å². The quantitative estimate of drug-likeness (QED) is 0.932. The van der Waals surface area contributed by atoms with Gasteiger partial charge in [-0.3, -0.25) is 4.79 Å². The average molecular weight is 274 g/mol. The summed E-state index contributed by atoms with van der Waals surface area (Å²) in [5, 5.41) is 2.64. The number of aryl methyl sites for hydroxylation is 1. The first-order valence-corrected chi connectivity index (χ1v) is 6.04. The van der Waals surface area contributed by atoms with Crippen LogP contribution >= 0.6 is 0 Å². The lowest BCUT2D eigenvalue weighted by Gasteiger charge is -2.11. The molecule has 1 heterocycles. The number of anilines is 2. The zero-order chi connectivity index (χ0) is 14.7. The van der Waals surface area contributed by atoms with Crippen LogP contribution in [0.15, 0.2) is 30.6 Å². The van der Waals surface area contributed by atoms with E-state index in [9.17, 15) is 9.18 Å². The topological polar surface area (TPSA) is 58.1 Å². The van der Waals surface area contributed by atoms with Gasteiger partial charge < -0.3 is 10.2 Å². The summed E-state index contributed by atoms with van der Waals surface area (Å²) in [6, 6.07) is 4.09. The summed E-state index contributed by atoms with van der Waals surface area (Å²) >= 11 is 0. The number of benzene rings is 1. The molecule has 0 radical (unpaired) electrons. The Labute approximate surface area is 116 Å². The molecule has 0 fully saturated rings. The Morgan fingerprint density at radius 3 is 2.50 bits per heavy atom. The zero-order valence-corrected chi connectivity index (χ0v) is 11.5. The van der Waals surface area contributed by atoms with Gasteiger partial charge in [0.15, 0.2) is 0 Å². The number of hydrogen-bond donors (Lipinski definition) is 1. The Hall–Kier alpha value is -2.50. The van der Waals surface area contributed by atoms with Crippen molar-refractivity contribution in [2.45, 2.75) is 6.92 Å². The molecule has 0 spiro atoms. The molecule has 0 aliphatic heterocycles. The lowest BCUT2D eigenvalue weighted by Crippen LogP contribution is -2.16. The van der Waals surface area contributed by atoms with Crippen molar-refractivity contribution in [1.29, 1.82) is 0 Å². The van der Waals surface area contributed by atoms with Crippen molar-refractivity contribution in [2.24, 2.45) is 0 Å². The second kappa shape index (κ2) is 5.64. The number of nitrogens with zero attached hydrogens (tertiary/aromatic N) is 3. The minimum atomic E-state index is -0.444. The fraction of sp³-hybridized carbons (Fsp3) is 0.214. The van der Waals surface area contributed by atoms with Crippen LogP contribution in [0.3, 0.4) is 0 Å². The van der Waals surface area contributed by atoms with Gasteiger partial charge in [-0.2, -0.15) is 0 Å². The Morgan fingerprint density at radius 1 is 1.25 bits per heavy atom. The first-order chi connectivity index (χ1) is 9.47. The lowest BCUT2D eigenvalue weighted by molar-refractivity contribution is 0.102. The number of rotatable bonds is 3. The van der Waals surface area contributed by atoms with Crippen LogP contribution in [0, 0.1) is 12.7 Å². The van der Waals surface area contributed by atoms with Crippen LogP contribution in [-0.2, 0) is 0 Å². The molecule has 5 nitrogen and oxygen atoms in total. The summed E-state index contributed by atoms with van der Waals surface area (Å²) in [4.78, 5) is 22.0. The van der Waals surface area contributed by atoms with Crippen LogP contribution < -0.4 is 10.2 Å². The van der Waals surface area contributed by atoms with Gasteiger partial charge in [-0.1, -0.05) is 6.07 Å². The third-order valence-corrected chi connectivity index (χ3v) is 2.74. The summed E-state index contributed by atoms with van der Waals surface area (Å²) in [5.74, 6) is -0.284. The van der Waals surface area contributed by atoms with Crippen molar-refractivity contribution in [3.05, 3.63) is 47.5 Å². The van der Waals surface area contributed by atoms with E-state index in [1.165, 1.54) is 24.5 Å². The highest BCUT2D eigenvalue weighted by molar-refractivity contribution is 6.05. The summed E-state index contributed by atoms with van der Waals surface area (Å²) in [6.45, 7) is 1.75. The molecule has 20 heavy (non-hydrogen) atoms. The van der Waals surface area contributed by atoms with Crippen LogP contribution in [0.25, 0.3) is 0 Å². The van der Waals surface area contributed by atoms with Gasteiger partial charge in [0.1, 0.15) is 5.82 Å². The van der Waals surface area contributed by atoms with Crippen LogP contribution in [0.4, 0.5) is 16.0 Å². The molecule has 0 saturated carbocycles. The van der Waals surface area contributed by atoms with Crippen molar-refractivity contribution >= 4 is 17.5 Å². The fourth-order valence-corrected chi connectivity index (χ4v) is 1.65. The molecule has 1 N–H and O–H groups in total. The molecule has 2 rings (SSSR count). The van der Waals surface area contributed by atoms with Gasteiger partial charge in [0.05, 0.1) is 18.1 Å². The van der Waals surface area contributed by atoms with E-state index in [1.807, 2.05) is 14.1 Å². The molecule has 0 atom stereocenters. The highest BCUT2D eigenvalue weighted by Gasteiger charge is 2.11. The van der Waals surface area contributed by atoms with E-state index in [0.29, 0.717) is 22.8 Å². The summed E-state index contributed by atoms with van der Waals surface area (Å²) < 4.78 is 13.2. The third-order valence-electron chi connectivity index (χ3n) is 2.74. The Bertz CT molecular complexity index is 626. The lowest BCUT2D eigenvalue weighted by atomic mass is 10.1. The van der Waals surface area contributed by atoms with Gasteiger partial charge in [0.25, 0.3) is 5.91 Å². The van der Waals surface area contributed by atoms with Gasteiger partial charge in [-0.05, 0) is 24.6 Å². The van der Waals surface area contributed by atoms with Crippen molar-refractivity contribution in [3.63, 3.8) is 0 Å². The Balaban J connectivity index is 2.17. The monoisotopic (exact) mass is 274 g/mol. The Kier molecular flexibility index (Phi) is 3.93. The summed E-state index contributed by atoms with van der Waals surface area (Å²) in [7, 11) is 3.65. The maximum absolute atomic E-state index is 13.2. The standard InChI is InChI=1S/C14H15FN4O/c1-9-4-5-10(15)6-12(9)13(20)18-11-7-16-14(17-8-11)19(2)3/h4-8H,1-3H3,(H,18,20). The molecule has 1 amide bonds. The van der Waals surface area contributed by atoms with Gasteiger partial charge in [-0.15, -0.1) is 0 Å². The molecular formula is C14H15FN4O. The molecule has 0 saturated heterocycles. The molecule has 2 aromatic rings. The largest absolute Gasteiger partial charge is 0.347 e. The molecule has 104 valence electrons. The molecule has 0 aliphatic rings. The SMILES string of the molecule is Cc1ccc(F)cc1C(=O)Nc1cnc(N(C)C)nc1. The first-order valence-electron chi connectivity index (χ1n) is 6.04. The normalized spacial score (nSPS) is 10.2. The third kappa shape index (κ3) is 3.09. The number of halogens is 1. The molecule has 1 aromatic heterocycles. The van der Waals surface area contributed by atoms with E-state index in [0.717, 1.165) is 0 Å². The van der Waals surface area contributed by atoms with Gasteiger partial charge in [0, 0.05) is 19.7 Å². The number of carbonyl (C=O) groups excluding carboxylic acids is 1. The van der Waals surface area contributed by atoms with E-state index < -0.39 is 5.82 Å². The second-order valence-corrected chi connectivity index (χ2v) is 4.58. The molecular weight excluding hydrogens is 259 g/mol. The van der Waals surface area contributed by atoms with E-state index in [1.54, 1.807) is 17.9 Å². The predicted molar refractivity (Wildman–Crippen MR) is 75.4 cm³/mol. The fourth-order valence-electron chi connectivity index (χ4n) is 1.65. The van der Waals surface area contributed by atoms with Crippen LogP contribution in [0.5, 0.6) is 0 Å². The Morgan fingerprint density at radius 2 is 1.90 bits per heavy atom. The molecule has 1 aromatic carbocycles. The van der Waals surface area contributed by atoms with Crippen molar-refractivity contribution in [2.75, 3.05) is 24.3 Å². The molecule has 0 bridgehead atoms. The number of nitrogens with one attached hydrogen (secondary N) is 1. The molecule has 0 aliphatic carbocycles. The minimum Gasteiger partial charge on any atom is -0.347 e. The van der Waals surface area contributed by atoms with Gasteiger partial charge >= 0.3 is 0 Å². The average Bonchev–Trinajstić information content (AvgIpc) is 2.42. The molecule has 0 unspecified atom stereocenters. The smallest absolute Gasteiger partial charge is 0.256 e. The highest BCUT2D eigenvalue weighted by Crippen LogP contribution is 2.14. The van der Waals surface area contributed by atoms with Crippen molar-refractivity contribution in [1.82, 2.24) is 9.97 Å². The summed E-state index contributed by atoms with van der Waals surface area (Å²) in [6.07, 6.45) is 3.02. The van der Waals surface area contributed by atoms with Gasteiger partial charge in [-0.25, -0.2) is 14.4 Å². The maximum atomic E-state index is 13.2. The molecule has 6 heteroatoms. The maximum Gasteiger partial charge on any atom is 0.256 e. The van der Waals surface area contributed by atoms with Crippen LogP contribution in [-0.4, -0.2) is 30.0 Å². The number of aromatic nitrogens is 2. The first kappa shape index (κ1) is 13.9. The second-order valence-electron chi connectivity index (χ2n) is 4.58. The van der Waals surface area contributed by atoms with E-state index in [2.05, 4.69) is 15.3 Å². The number of amides is 1.